The Bertz CT molecular complexity index is 411. The molecule has 2 unspecified atom stereocenters. The first kappa shape index (κ1) is 13.8. The van der Waals surface area contributed by atoms with Gasteiger partial charge in [0.05, 0.1) is 4.47 Å². The van der Waals surface area contributed by atoms with Gasteiger partial charge in [-0.1, -0.05) is 20.3 Å². The van der Waals surface area contributed by atoms with E-state index in [1.165, 1.54) is 6.42 Å². The van der Waals surface area contributed by atoms with Crippen molar-refractivity contribution < 1.29 is 4.39 Å². The van der Waals surface area contributed by atoms with Crippen LogP contribution < -0.4 is 10.2 Å². The summed E-state index contributed by atoms with van der Waals surface area (Å²) in [4.78, 5) is 2.27. The third-order valence-electron chi connectivity index (χ3n) is 3.80. The lowest BCUT2D eigenvalue weighted by atomic mass is 9.97. The van der Waals surface area contributed by atoms with Crippen molar-refractivity contribution in [3.63, 3.8) is 0 Å². The number of nitrogens with one attached hydrogen (secondary N) is 1. The van der Waals surface area contributed by atoms with Crippen molar-refractivity contribution in [3.8, 4) is 0 Å². The molecular formula is C14H20BrFN2. The predicted octanol–water partition coefficient (Wildman–Crippen LogP) is 3.41. The standard InChI is InChI=1S/C14H20BrFN2/c1-3-10(2)14-9-18(7-6-17-14)11-4-5-12(15)13(16)8-11/h4-5,8,10,14,17H,3,6-7,9H2,1-2H3. The maximum atomic E-state index is 13.6. The molecular weight excluding hydrogens is 295 g/mol. The van der Waals surface area contributed by atoms with E-state index in [2.05, 4.69) is 40.0 Å². The Kier molecular flexibility index (Phi) is 4.62. The van der Waals surface area contributed by atoms with Crippen LogP contribution in [0.4, 0.5) is 10.1 Å². The van der Waals surface area contributed by atoms with Gasteiger partial charge in [-0.2, -0.15) is 0 Å². The molecule has 2 rings (SSSR count). The summed E-state index contributed by atoms with van der Waals surface area (Å²) in [7, 11) is 0. The minimum absolute atomic E-state index is 0.189. The van der Waals surface area contributed by atoms with Crippen molar-refractivity contribution in [1.82, 2.24) is 5.32 Å². The zero-order valence-electron chi connectivity index (χ0n) is 10.9. The number of anilines is 1. The molecule has 0 amide bonds. The molecule has 1 aromatic carbocycles. The van der Waals surface area contributed by atoms with Crippen molar-refractivity contribution in [2.75, 3.05) is 24.5 Å². The minimum atomic E-state index is -0.189. The van der Waals surface area contributed by atoms with Crippen LogP contribution in [0.3, 0.4) is 0 Å². The lowest BCUT2D eigenvalue weighted by Gasteiger charge is -2.38. The number of halogens is 2. The van der Waals surface area contributed by atoms with Crippen molar-refractivity contribution in [2.45, 2.75) is 26.3 Å². The average molecular weight is 315 g/mol. The smallest absolute Gasteiger partial charge is 0.139 e. The van der Waals surface area contributed by atoms with E-state index in [0.717, 1.165) is 25.3 Å². The number of hydrogen-bond donors (Lipinski definition) is 1. The molecule has 18 heavy (non-hydrogen) atoms. The summed E-state index contributed by atoms with van der Waals surface area (Å²) in [6, 6.07) is 5.87. The Hall–Kier alpha value is -0.610. The van der Waals surface area contributed by atoms with Gasteiger partial charge in [0, 0.05) is 31.4 Å². The molecule has 1 heterocycles. The summed E-state index contributed by atoms with van der Waals surface area (Å²) in [5.41, 5.74) is 0.977. The maximum absolute atomic E-state index is 13.6. The van der Waals surface area contributed by atoms with E-state index in [0.29, 0.717) is 16.4 Å². The van der Waals surface area contributed by atoms with Crippen molar-refractivity contribution in [2.24, 2.45) is 5.92 Å². The Morgan fingerprint density at radius 1 is 1.56 bits per heavy atom. The van der Waals surface area contributed by atoms with Crippen LogP contribution in [0.25, 0.3) is 0 Å². The van der Waals surface area contributed by atoms with Gasteiger partial charge in [-0.25, -0.2) is 4.39 Å². The first-order valence-corrected chi connectivity index (χ1v) is 7.34. The van der Waals surface area contributed by atoms with E-state index in [-0.39, 0.29) is 5.82 Å². The van der Waals surface area contributed by atoms with Crippen LogP contribution in [0.15, 0.2) is 22.7 Å². The van der Waals surface area contributed by atoms with E-state index in [9.17, 15) is 4.39 Å². The molecule has 1 aliphatic heterocycles. The largest absolute Gasteiger partial charge is 0.369 e. The maximum Gasteiger partial charge on any atom is 0.139 e. The molecule has 0 bridgehead atoms. The SMILES string of the molecule is CCC(C)C1CN(c2ccc(Br)c(F)c2)CCN1. The van der Waals surface area contributed by atoms with Gasteiger partial charge in [0.25, 0.3) is 0 Å². The van der Waals surface area contributed by atoms with Gasteiger partial charge in [-0.05, 0) is 40.0 Å². The van der Waals surface area contributed by atoms with Gasteiger partial charge in [-0.15, -0.1) is 0 Å². The summed E-state index contributed by atoms with van der Waals surface area (Å²) >= 11 is 3.19. The molecule has 2 atom stereocenters. The average Bonchev–Trinajstić information content (AvgIpc) is 2.41. The predicted molar refractivity (Wildman–Crippen MR) is 77.6 cm³/mol. The molecule has 1 fully saturated rings. The van der Waals surface area contributed by atoms with Gasteiger partial charge >= 0.3 is 0 Å². The molecule has 0 spiro atoms. The Labute approximate surface area is 117 Å². The highest BCUT2D eigenvalue weighted by molar-refractivity contribution is 9.10. The zero-order chi connectivity index (χ0) is 13.1. The third kappa shape index (κ3) is 3.04. The van der Waals surface area contributed by atoms with Gasteiger partial charge in [0.15, 0.2) is 0 Å². The first-order valence-electron chi connectivity index (χ1n) is 6.55. The summed E-state index contributed by atoms with van der Waals surface area (Å²) in [5.74, 6) is 0.458. The molecule has 1 aliphatic rings. The summed E-state index contributed by atoms with van der Waals surface area (Å²) < 4.78 is 14.1. The lowest BCUT2D eigenvalue weighted by Crippen LogP contribution is -2.53. The lowest BCUT2D eigenvalue weighted by molar-refractivity contribution is 0.341. The van der Waals surface area contributed by atoms with Crippen LogP contribution in [0.2, 0.25) is 0 Å². The van der Waals surface area contributed by atoms with E-state index >= 15 is 0 Å². The molecule has 0 saturated carbocycles. The quantitative estimate of drug-likeness (QED) is 0.919. The van der Waals surface area contributed by atoms with Gasteiger partial charge in [0.2, 0.25) is 0 Å². The highest BCUT2D eigenvalue weighted by Gasteiger charge is 2.23. The normalized spacial score (nSPS) is 22.0. The van der Waals surface area contributed by atoms with Crippen LogP contribution in [0.1, 0.15) is 20.3 Å². The minimum Gasteiger partial charge on any atom is -0.369 e. The van der Waals surface area contributed by atoms with E-state index in [4.69, 9.17) is 0 Å². The first-order chi connectivity index (χ1) is 8.61. The fraction of sp³-hybridized carbons (Fsp3) is 0.571. The van der Waals surface area contributed by atoms with Crippen molar-refractivity contribution in [1.29, 1.82) is 0 Å². The Morgan fingerprint density at radius 2 is 2.33 bits per heavy atom. The fourth-order valence-electron chi connectivity index (χ4n) is 2.36. The van der Waals surface area contributed by atoms with Crippen molar-refractivity contribution >= 4 is 21.6 Å². The molecule has 0 radical (unpaired) electrons. The topological polar surface area (TPSA) is 15.3 Å². The Balaban J connectivity index is 2.10. The Morgan fingerprint density at radius 3 is 3.00 bits per heavy atom. The van der Waals surface area contributed by atoms with Crippen molar-refractivity contribution in [3.05, 3.63) is 28.5 Å². The van der Waals surface area contributed by atoms with Crippen LogP contribution in [0.5, 0.6) is 0 Å². The van der Waals surface area contributed by atoms with Crippen LogP contribution in [0, 0.1) is 11.7 Å². The highest BCUT2D eigenvalue weighted by atomic mass is 79.9. The van der Waals surface area contributed by atoms with E-state index < -0.39 is 0 Å². The monoisotopic (exact) mass is 314 g/mol. The molecule has 4 heteroatoms. The molecule has 0 aliphatic carbocycles. The van der Waals surface area contributed by atoms with Gasteiger partial charge in [-0.3, -0.25) is 0 Å². The molecule has 1 aromatic rings. The third-order valence-corrected chi connectivity index (χ3v) is 4.45. The number of nitrogens with zero attached hydrogens (tertiary/aromatic N) is 1. The van der Waals surface area contributed by atoms with Gasteiger partial charge < -0.3 is 10.2 Å². The molecule has 0 aromatic heterocycles. The van der Waals surface area contributed by atoms with Gasteiger partial charge in [0.1, 0.15) is 5.82 Å². The van der Waals surface area contributed by atoms with Crippen LogP contribution in [-0.4, -0.2) is 25.7 Å². The number of rotatable bonds is 3. The molecule has 1 saturated heterocycles. The molecule has 2 nitrogen and oxygen atoms in total. The second-order valence-corrected chi connectivity index (χ2v) is 5.84. The summed E-state index contributed by atoms with van der Waals surface area (Å²) in [6.07, 6.45) is 1.17. The fourth-order valence-corrected chi connectivity index (χ4v) is 2.61. The highest BCUT2D eigenvalue weighted by Crippen LogP contribution is 2.24. The van der Waals surface area contributed by atoms with Crippen LogP contribution in [-0.2, 0) is 0 Å². The molecule has 100 valence electrons. The second kappa shape index (κ2) is 6.02. The van der Waals surface area contributed by atoms with Crippen LogP contribution >= 0.6 is 15.9 Å². The number of piperazine rings is 1. The number of benzene rings is 1. The summed E-state index contributed by atoms with van der Waals surface area (Å²) in [5, 5.41) is 3.55. The molecule has 1 N–H and O–H groups in total. The number of hydrogen-bond acceptors (Lipinski definition) is 2. The van der Waals surface area contributed by atoms with E-state index in [1.54, 1.807) is 12.1 Å². The summed E-state index contributed by atoms with van der Waals surface area (Å²) in [6.45, 7) is 7.34. The second-order valence-electron chi connectivity index (χ2n) is 4.99. The van der Waals surface area contributed by atoms with E-state index in [1.807, 2.05) is 6.07 Å². The zero-order valence-corrected chi connectivity index (χ0v) is 12.5.